The fraction of sp³-hybridized carbons (Fsp3) is 0. The highest BCUT2D eigenvalue weighted by Gasteiger charge is 2.19. The van der Waals surface area contributed by atoms with Gasteiger partial charge in [-0.05, 0) is 57.6 Å². The second-order valence-electron chi connectivity index (χ2n) is 14.0. The Kier molecular flexibility index (Phi) is 7.64. The van der Waals surface area contributed by atoms with Crippen molar-refractivity contribution in [1.29, 1.82) is 0 Å². The fourth-order valence-electron chi connectivity index (χ4n) is 7.94. The van der Waals surface area contributed by atoms with Crippen molar-refractivity contribution in [3.63, 3.8) is 0 Å². The molecule has 8 aromatic carbocycles. The molecule has 0 saturated carbocycles. The van der Waals surface area contributed by atoms with E-state index in [2.05, 4.69) is 174 Å². The van der Waals surface area contributed by atoms with Gasteiger partial charge in [0.1, 0.15) is 0 Å². The van der Waals surface area contributed by atoms with E-state index in [1.807, 2.05) is 35.6 Å². The van der Waals surface area contributed by atoms with Crippen LogP contribution in [0.2, 0.25) is 0 Å². The molecule has 0 bridgehead atoms. The number of para-hydroxylation sites is 1. The van der Waals surface area contributed by atoms with Crippen LogP contribution in [0.25, 0.3) is 104 Å². The lowest BCUT2D eigenvalue weighted by atomic mass is 9.99. The molecule has 0 N–H and O–H groups in total. The van der Waals surface area contributed by atoms with Crippen molar-refractivity contribution in [2.75, 3.05) is 0 Å². The van der Waals surface area contributed by atoms with Crippen LogP contribution < -0.4 is 0 Å². The molecule has 0 unspecified atom stereocenters. The van der Waals surface area contributed by atoms with E-state index in [1.54, 1.807) is 0 Å². The summed E-state index contributed by atoms with van der Waals surface area (Å²) in [7, 11) is 0. The van der Waals surface area contributed by atoms with Crippen LogP contribution in [-0.4, -0.2) is 19.5 Å². The summed E-state index contributed by atoms with van der Waals surface area (Å²) in [6.45, 7) is 0. The average molecular weight is 733 g/mol. The number of rotatable bonds is 6. The molecule has 3 heterocycles. The lowest BCUT2D eigenvalue weighted by molar-refractivity contribution is 0.953. The van der Waals surface area contributed by atoms with E-state index in [0.29, 0.717) is 17.6 Å². The van der Waals surface area contributed by atoms with E-state index in [1.165, 1.54) is 42.4 Å². The second-order valence-corrected chi connectivity index (χ2v) is 15.1. The normalized spacial score (nSPS) is 11.6. The molecule has 0 radical (unpaired) electrons. The molecule has 0 spiro atoms. The highest BCUT2D eigenvalue weighted by atomic mass is 32.1. The van der Waals surface area contributed by atoms with Gasteiger partial charge in [-0.2, -0.15) is 9.97 Å². The molecular weight excluding hydrogens is 701 g/mol. The monoisotopic (exact) mass is 732 g/mol. The summed E-state index contributed by atoms with van der Waals surface area (Å²) in [6.07, 6.45) is 0. The molecule has 11 rings (SSSR count). The molecule has 56 heavy (non-hydrogen) atoms. The lowest BCUT2D eigenvalue weighted by Gasteiger charge is -2.12. The van der Waals surface area contributed by atoms with Gasteiger partial charge in [0.2, 0.25) is 5.95 Å². The number of hydrogen-bond donors (Lipinski definition) is 0. The van der Waals surface area contributed by atoms with Crippen LogP contribution in [0.1, 0.15) is 0 Å². The molecule has 4 nitrogen and oxygen atoms in total. The van der Waals surface area contributed by atoms with Gasteiger partial charge in [0.15, 0.2) is 11.6 Å². The molecular formula is C51H32N4S. The molecule has 0 aliphatic carbocycles. The van der Waals surface area contributed by atoms with E-state index in [4.69, 9.17) is 15.0 Å². The Morgan fingerprint density at radius 2 is 0.875 bits per heavy atom. The molecule has 0 amide bonds. The van der Waals surface area contributed by atoms with Crippen molar-refractivity contribution in [1.82, 2.24) is 19.5 Å². The zero-order chi connectivity index (χ0) is 37.0. The van der Waals surface area contributed by atoms with Gasteiger partial charge in [-0.15, -0.1) is 11.3 Å². The molecule has 11 aromatic rings. The van der Waals surface area contributed by atoms with Crippen LogP contribution in [0, 0.1) is 0 Å². The maximum atomic E-state index is 5.23. The van der Waals surface area contributed by atoms with Gasteiger partial charge in [-0.3, -0.25) is 4.57 Å². The Hall–Kier alpha value is -7.21. The van der Waals surface area contributed by atoms with Gasteiger partial charge >= 0.3 is 0 Å². The highest BCUT2D eigenvalue weighted by Crippen LogP contribution is 2.43. The quantitative estimate of drug-likeness (QED) is 0.171. The first-order valence-corrected chi connectivity index (χ1v) is 19.6. The predicted octanol–water partition coefficient (Wildman–Crippen LogP) is 13.7. The minimum atomic E-state index is 0.581. The van der Waals surface area contributed by atoms with Crippen molar-refractivity contribution in [2.24, 2.45) is 0 Å². The smallest absolute Gasteiger partial charge is 0.238 e. The Balaban J connectivity index is 1.10. The standard InChI is InChI=1S/C51H32N4S/c1-4-13-33(14-5-1)35-23-25-37(26-24-35)50-52-49(36-17-8-3-9-18-36)53-51(54-50)55-45-22-11-10-19-41(45)42-29-27-39(32-46(42)55)40-20-12-21-43-44-31-38(34-15-6-2-7-16-34)28-30-47(44)56-48(40)43/h1-32H. The molecule has 0 aliphatic rings. The maximum absolute atomic E-state index is 5.23. The lowest BCUT2D eigenvalue weighted by Crippen LogP contribution is -2.06. The molecule has 3 aromatic heterocycles. The Bertz CT molecular complexity index is 3220. The average Bonchev–Trinajstić information content (AvgIpc) is 3.82. The number of thiophene rings is 1. The van der Waals surface area contributed by atoms with Crippen molar-refractivity contribution in [2.45, 2.75) is 0 Å². The SMILES string of the molecule is c1ccc(-c2ccc(-c3nc(-c4ccccc4)nc(-n4c5ccccc5c5ccc(-c6cccc7c6sc6ccc(-c8ccccc8)cc67)cc54)n3)cc2)cc1. The summed E-state index contributed by atoms with van der Waals surface area (Å²) >= 11 is 1.86. The van der Waals surface area contributed by atoms with Crippen molar-refractivity contribution >= 4 is 53.3 Å². The molecule has 0 atom stereocenters. The summed E-state index contributed by atoms with van der Waals surface area (Å²) in [5.41, 5.74) is 11.1. The van der Waals surface area contributed by atoms with E-state index in [0.717, 1.165) is 44.1 Å². The van der Waals surface area contributed by atoms with Gasteiger partial charge in [0.05, 0.1) is 11.0 Å². The summed E-state index contributed by atoms with van der Waals surface area (Å²) in [5, 5.41) is 4.86. The minimum Gasteiger partial charge on any atom is -0.278 e. The Morgan fingerprint density at radius 1 is 0.339 bits per heavy atom. The van der Waals surface area contributed by atoms with Crippen LogP contribution >= 0.6 is 11.3 Å². The van der Waals surface area contributed by atoms with Gasteiger partial charge in [-0.25, -0.2) is 4.98 Å². The Morgan fingerprint density at radius 3 is 1.61 bits per heavy atom. The van der Waals surface area contributed by atoms with Crippen molar-refractivity contribution < 1.29 is 0 Å². The van der Waals surface area contributed by atoms with Crippen molar-refractivity contribution in [3.8, 4) is 62.1 Å². The number of aromatic nitrogens is 4. The summed E-state index contributed by atoms with van der Waals surface area (Å²) in [4.78, 5) is 15.5. The summed E-state index contributed by atoms with van der Waals surface area (Å²) in [5.74, 6) is 1.84. The van der Waals surface area contributed by atoms with E-state index in [9.17, 15) is 0 Å². The third-order valence-corrected chi connectivity index (χ3v) is 11.9. The van der Waals surface area contributed by atoms with E-state index < -0.39 is 0 Å². The number of fused-ring (bicyclic) bond motifs is 6. The third-order valence-electron chi connectivity index (χ3n) is 10.7. The number of nitrogens with zero attached hydrogens (tertiary/aromatic N) is 4. The predicted molar refractivity (Wildman–Crippen MR) is 234 cm³/mol. The highest BCUT2D eigenvalue weighted by molar-refractivity contribution is 7.26. The number of benzene rings is 8. The minimum absolute atomic E-state index is 0.581. The van der Waals surface area contributed by atoms with Crippen molar-refractivity contribution in [3.05, 3.63) is 194 Å². The summed E-state index contributed by atoms with van der Waals surface area (Å²) in [6, 6.07) is 68.6. The van der Waals surface area contributed by atoms with Crippen LogP contribution in [0.15, 0.2) is 194 Å². The largest absolute Gasteiger partial charge is 0.278 e. The summed E-state index contributed by atoms with van der Waals surface area (Å²) < 4.78 is 4.77. The van der Waals surface area contributed by atoms with Gasteiger partial charge in [0.25, 0.3) is 0 Å². The van der Waals surface area contributed by atoms with E-state index in [-0.39, 0.29) is 0 Å². The van der Waals surface area contributed by atoms with Gasteiger partial charge in [0, 0.05) is 42.1 Å². The fourth-order valence-corrected chi connectivity index (χ4v) is 9.16. The van der Waals surface area contributed by atoms with Crippen LogP contribution in [0.3, 0.4) is 0 Å². The first-order valence-electron chi connectivity index (χ1n) is 18.8. The molecule has 0 fully saturated rings. The molecule has 0 saturated heterocycles. The molecule has 0 aliphatic heterocycles. The zero-order valence-corrected chi connectivity index (χ0v) is 31.0. The van der Waals surface area contributed by atoms with Crippen LogP contribution in [0.4, 0.5) is 0 Å². The maximum Gasteiger partial charge on any atom is 0.238 e. The third kappa shape index (κ3) is 5.48. The number of hydrogen-bond acceptors (Lipinski definition) is 4. The molecule has 5 heteroatoms. The molecule has 262 valence electrons. The first kappa shape index (κ1) is 32.2. The first-order chi connectivity index (χ1) is 27.7. The van der Waals surface area contributed by atoms with Crippen LogP contribution in [0.5, 0.6) is 0 Å². The second kappa shape index (κ2) is 13.3. The van der Waals surface area contributed by atoms with Crippen LogP contribution in [-0.2, 0) is 0 Å². The van der Waals surface area contributed by atoms with Gasteiger partial charge < -0.3 is 0 Å². The topological polar surface area (TPSA) is 43.6 Å². The van der Waals surface area contributed by atoms with Gasteiger partial charge in [-0.1, -0.05) is 170 Å². The Labute approximate surface area is 327 Å². The zero-order valence-electron chi connectivity index (χ0n) is 30.2. The van der Waals surface area contributed by atoms with E-state index >= 15 is 0 Å².